The number of amides is 2. The van der Waals surface area contributed by atoms with E-state index in [9.17, 15) is 9.59 Å². The number of nitrogens with one attached hydrogen (secondary N) is 4. The average Bonchev–Trinajstić information content (AvgIpc) is 2.95. The molecule has 7 heteroatoms. The van der Waals surface area contributed by atoms with Crippen LogP contribution in [0.3, 0.4) is 0 Å². The van der Waals surface area contributed by atoms with Gasteiger partial charge >= 0.3 is 12.0 Å². The van der Waals surface area contributed by atoms with E-state index in [0.29, 0.717) is 25.0 Å². The Morgan fingerprint density at radius 2 is 2.00 bits per heavy atom. The SMILES string of the molecule is CC1NNCC1CCCNC(=O)NCc1ccc(C(=O)O)cc1. The molecule has 1 fully saturated rings. The van der Waals surface area contributed by atoms with E-state index in [1.54, 1.807) is 12.1 Å². The molecule has 0 aromatic heterocycles. The summed E-state index contributed by atoms with van der Waals surface area (Å²) in [4.78, 5) is 22.5. The highest BCUT2D eigenvalue weighted by Gasteiger charge is 2.21. The molecule has 126 valence electrons. The number of urea groups is 1. The van der Waals surface area contributed by atoms with Crippen molar-refractivity contribution in [2.75, 3.05) is 13.1 Å². The van der Waals surface area contributed by atoms with Gasteiger partial charge in [-0.25, -0.2) is 9.59 Å². The first-order chi connectivity index (χ1) is 11.1. The molecule has 0 spiro atoms. The minimum absolute atomic E-state index is 0.206. The maximum absolute atomic E-state index is 11.7. The number of carbonyl (C=O) groups is 2. The van der Waals surface area contributed by atoms with Gasteiger partial charge in [0.15, 0.2) is 0 Å². The average molecular weight is 320 g/mol. The number of carboxylic acids is 1. The number of hydrazine groups is 1. The smallest absolute Gasteiger partial charge is 0.335 e. The molecule has 2 amide bonds. The second-order valence-corrected chi connectivity index (χ2v) is 5.83. The van der Waals surface area contributed by atoms with E-state index in [0.717, 1.165) is 24.9 Å². The third-order valence-electron chi connectivity index (χ3n) is 4.09. The summed E-state index contributed by atoms with van der Waals surface area (Å²) in [5.41, 5.74) is 7.42. The number of rotatable bonds is 7. The van der Waals surface area contributed by atoms with Crippen LogP contribution >= 0.6 is 0 Å². The zero-order chi connectivity index (χ0) is 16.7. The molecule has 5 N–H and O–H groups in total. The largest absolute Gasteiger partial charge is 0.478 e. The molecule has 1 saturated heterocycles. The maximum Gasteiger partial charge on any atom is 0.335 e. The molecular formula is C16H24N4O3. The highest BCUT2D eigenvalue weighted by molar-refractivity contribution is 5.87. The molecule has 1 aliphatic heterocycles. The van der Waals surface area contributed by atoms with Crippen LogP contribution in [0.2, 0.25) is 0 Å². The zero-order valence-corrected chi connectivity index (χ0v) is 13.3. The Morgan fingerprint density at radius 1 is 1.26 bits per heavy atom. The van der Waals surface area contributed by atoms with Crippen molar-refractivity contribution in [2.24, 2.45) is 5.92 Å². The summed E-state index contributed by atoms with van der Waals surface area (Å²) < 4.78 is 0. The maximum atomic E-state index is 11.7. The van der Waals surface area contributed by atoms with Crippen molar-refractivity contribution in [1.29, 1.82) is 0 Å². The van der Waals surface area contributed by atoms with E-state index in [1.165, 1.54) is 12.1 Å². The monoisotopic (exact) mass is 320 g/mol. The highest BCUT2D eigenvalue weighted by atomic mass is 16.4. The van der Waals surface area contributed by atoms with Gasteiger partial charge in [0.1, 0.15) is 0 Å². The van der Waals surface area contributed by atoms with Crippen LogP contribution in [0.5, 0.6) is 0 Å². The second-order valence-electron chi connectivity index (χ2n) is 5.83. The Kier molecular flexibility index (Phi) is 6.37. The van der Waals surface area contributed by atoms with Crippen molar-refractivity contribution in [3.8, 4) is 0 Å². The Balaban J connectivity index is 1.60. The fourth-order valence-electron chi connectivity index (χ4n) is 2.57. The van der Waals surface area contributed by atoms with Gasteiger partial charge in [-0.15, -0.1) is 0 Å². The summed E-state index contributed by atoms with van der Waals surface area (Å²) in [7, 11) is 0. The first-order valence-electron chi connectivity index (χ1n) is 7.88. The van der Waals surface area contributed by atoms with Crippen molar-refractivity contribution in [3.63, 3.8) is 0 Å². The van der Waals surface area contributed by atoms with Gasteiger partial charge < -0.3 is 15.7 Å². The summed E-state index contributed by atoms with van der Waals surface area (Å²) in [6.07, 6.45) is 2.01. The van der Waals surface area contributed by atoms with Crippen LogP contribution in [0.1, 0.15) is 35.7 Å². The van der Waals surface area contributed by atoms with Gasteiger partial charge in [-0.2, -0.15) is 0 Å². The van der Waals surface area contributed by atoms with Crippen LogP contribution in [0.15, 0.2) is 24.3 Å². The molecule has 23 heavy (non-hydrogen) atoms. The van der Waals surface area contributed by atoms with E-state index >= 15 is 0 Å². The van der Waals surface area contributed by atoms with Crippen molar-refractivity contribution in [3.05, 3.63) is 35.4 Å². The van der Waals surface area contributed by atoms with Crippen LogP contribution in [-0.2, 0) is 6.54 Å². The second kappa shape index (κ2) is 8.50. The zero-order valence-electron chi connectivity index (χ0n) is 13.3. The first kappa shape index (κ1) is 17.2. The van der Waals surface area contributed by atoms with Crippen molar-refractivity contribution in [2.45, 2.75) is 32.4 Å². The van der Waals surface area contributed by atoms with Gasteiger partial charge in [0.2, 0.25) is 0 Å². The highest BCUT2D eigenvalue weighted by Crippen LogP contribution is 2.13. The standard InChI is InChI=1S/C16H24N4O3/c1-11-14(10-19-20-11)3-2-8-17-16(23)18-9-12-4-6-13(7-5-12)15(21)22/h4-7,11,14,19-20H,2-3,8-10H2,1H3,(H,21,22)(H2,17,18,23). The predicted octanol–water partition coefficient (Wildman–Crippen LogP) is 1.08. The van der Waals surface area contributed by atoms with Crippen molar-refractivity contribution >= 4 is 12.0 Å². The predicted molar refractivity (Wildman–Crippen MR) is 87.0 cm³/mol. The Morgan fingerprint density at radius 3 is 2.61 bits per heavy atom. The third-order valence-corrected chi connectivity index (χ3v) is 4.09. The van der Waals surface area contributed by atoms with Gasteiger partial charge in [0.05, 0.1) is 5.56 Å². The van der Waals surface area contributed by atoms with Crippen molar-refractivity contribution in [1.82, 2.24) is 21.5 Å². The van der Waals surface area contributed by atoms with Gasteiger partial charge in [0, 0.05) is 25.7 Å². The van der Waals surface area contributed by atoms with Crippen LogP contribution in [0, 0.1) is 5.92 Å². The molecule has 0 bridgehead atoms. The molecular weight excluding hydrogens is 296 g/mol. The topological polar surface area (TPSA) is 102 Å². The van der Waals surface area contributed by atoms with Crippen LogP contribution in [-0.4, -0.2) is 36.2 Å². The molecule has 1 aromatic carbocycles. The summed E-state index contributed by atoms with van der Waals surface area (Å²) >= 11 is 0. The lowest BCUT2D eigenvalue weighted by Gasteiger charge is -2.13. The molecule has 2 atom stereocenters. The fraction of sp³-hybridized carbons (Fsp3) is 0.500. The van der Waals surface area contributed by atoms with Gasteiger partial charge in [-0.3, -0.25) is 10.9 Å². The summed E-state index contributed by atoms with van der Waals surface area (Å²) in [6.45, 7) is 4.15. The van der Waals surface area contributed by atoms with Gasteiger partial charge in [-0.1, -0.05) is 12.1 Å². The number of carbonyl (C=O) groups excluding carboxylic acids is 1. The normalized spacial score (nSPS) is 20.2. The number of carboxylic acid groups (broad SMARTS) is 1. The van der Waals surface area contributed by atoms with E-state index in [2.05, 4.69) is 28.4 Å². The molecule has 2 unspecified atom stereocenters. The molecule has 0 radical (unpaired) electrons. The van der Waals surface area contributed by atoms with Crippen LogP contribution in [0.4, 0.5) is 4.79 Å². The van der Waals surface area contributed by atoms with E-state index in [-0.39, 0.29) is 11.6 Å². The van der Waals surface area contributed by atoms with Gasteiger partial charge in [0.25, 0.3) is 0 Å². The Hall–Kier alpha value is -2.12. The summed E-state index contributed by atoms with van der Waals surface area (Å²) in [6, 6.07) is 6.72. The Bertz CT molecular complexity index is 533. The van der Waals surface area contributed by atoms with E-state index < -0.39 is 5.97 Å². The molecule has 1 aliphatic rings. The molecule has 1 aromatic rings. The van der Waals surface area contributed by atoms with Gasteiger partial charge in [-0.05, 0) is 43.4 Å². The fourth-order valence-corrected chi connectivity index (χ4v) is 2.57. The number of hydrogen-bond donors (Lipinski definition) is 5. The quantitative estimate of drug-likeness (QED) is 0.484. The number of benzene rings is 1. The summed E-state index contributed by atoms with van der Waals surface area (Å²) in [5.74, 6) is -0.350. The minimum atomic E-state index is -0.954. The minimum Gasteiger partial charge on any atom is -0.478 e. The lowest BCUT2D eigenvalue weighted by molar-refractivity contribution is 0.0697. The van der Waals surface area contributed by atoms with Crippen molar-refractivity contribution < 1.29 is 14.7 Å². The lowest BCUT2D eigenvalue weighted by Crippen LogP contribution is -2.35. The third kappa shape index (κ3) is 5.54. The molecule has 1 heterocycles. The molecule has 2 rings (SSSR count). The Labute approximate surface area is 135 Å². The molecule has 7 nitrogen and oxygen atoms in total. The number of hydrogen-bond acceptors (Lipinski definition) is 4. The molecule has 0 saturated carbocycles. The molecule has 0 aliphatic carbocycles. The van der Waals surface area contributed by atoms with Crippen LogP contribution in [0.25, 0.3) is 0 Å². The lowest BCUT2D eigenvalue weighted by atomic mass is 9.98. The van der Waals surface area contributed by atoms with Crippen LogP contribution < -0.4 is 21.5 Å². The van der Waals surface area contributed by atoms with E-state index in [1.807, 2.05) is 0 Å². The van der Waals surface area contributed by atoms with E-state index in [4.69, 9.17) is 5.11 Å². The first-order valence-corrected chi connectivity index (χ1v) is 7.88. The summed E-state index contributed by atoms with van der Waals surface area (Å²) in [5, 5.41) is 14.4. The number of aromatic carboxylic acids is 1.